The first-order chi connectivity index (χ1) is 7.99. The zero-order valence-electron chi connectivity index (χ0n) is 9.10. The number of fused-ring (bicyclic) bond motifs is 1. The van der Waals surface area contributed by atoms with Gasteiger partial charge >= 0.3 is 5.97 Å². The van der Waals surface area contributed by atoms with Gasteiger partial charge in [0.05, 0.1) is 16.6 Å². The number of nitrogens with zero attached hydrogens (tertiary/aromatic N) is 1. The summed E-state index contributed by atoms with van der Waals surface area (Å²) in [5.41, 5.74) is 6.87. The van der Waals surface area contributed by atoms with Crippen LogP contribution in [0.25, 0.3) is 10.9 Å². The fourth-order valence-corrected chi connectivity index (χ4v) is 1.70. The summed E-state index contributed by atoms with van der Waals surface area (Å²) in [5.74, 6) is -1.65. The number of aryl methyl sites for hydroxylation is 1. The van der Waals surface area contributed by atoms with E-state index in [1.807, 2.05) is 0 Å². The zero-order valence-corrected chi connectivity index (χ0v) is 9.10. The largest absolute Gasteiger partial charge is 0.478 e. The molecule has 1 aromatic heterocycles. The van der Waals surface area contributed by atoms with E-state index < -0.39 is 11.9 Å². The lowest BCUT2D eigenvalue weighted by Gasteiger charge is -2.05. The monoisotopic (exact) mass is 230 g/mol. The number of carboxylic acid groups (broad SMARTS) is 1. The van der Waals surface area contributed by atoms with E-state index in [0.717, 1.165) is 0 Å². The molecule has 0 bridgehead atoms. The third kappa shape index (κ3) is 1.94. The number of amides is 1. The molecular formula is C12H10N2O3. The van der Waals surface area contributed by atoms with Crippen LogP contribution >= 0.6 is 0 Å². The minimum Gasteiger partial charge on any atom is -0.478 e. The Morgan fingerprint density at radius 3 is 2.59 bits per heavy atom. The second-order valence-corrected chi connectivity index (χ2v) is 3.71. The summed E-state index contributed by atoms with van der Waals surface area (Å²) in [6.07, 6.45) is 0. The molecule has 0 unspecified atom stereocenters. The van der Waals surface area contributed by atoms with Crippen LogP contribution in [0.4, 0.5) is 0 Å². The van der Waals surface area contributed by atoms with Crippen molar-refractivity contribution in [2.24, 2.45) is 5.73 Å². The molecule has 1 aromatic carbocycles. The number of nitrogens with two attached hydrogens (primary N) is 1. The smallest absolute Gasteiger partial charge is 0.335 e. The molecule has 2 aromatic rings. The van der Waals surface area contributed by atoms with Crippen molar-refractivity contribution in [2.45, 2.75) is 6.92 Å². The summed E-state index contributed by atoms with van der Waals surface area (Å²) in [4.78, 5) is 26.4. The van der Waals surface area contributed by atoms with Crippen LogP contribution in [0.3, 0.4) is 0 Å². The van der Waals surface area contributed by atoms with Crippen LogP contribution in [-0.4, -0.2) is 22.0 Å². The minimum atomic E-state index is -1.05. The fraction of sp³-hybridized carbons (Fsp3) is 0.0833. The van der Waals surface area contributed by atoms with E-state index >= 15 is 0 Å². The van der Waals surface area contributed by atoms with Gasteiger partial charge in [-0.05, 0) is 31.2 Å². The molecule has 0 atom stereocenters. The number of aromatic nitrogens is 1. The maximum atomic E-state index is 11.3. The van der Waals surface area contributed by atoms with E-state index in [4.69, 9.17) is 10.8 Å². The SMILES string of the molecule is Cc1cc(C(N)=O)c2cc(C(=O)O)ccc2n1. The average Bonchev–Trinajstić information content (AvgIpc) is 2.26. The molecule has 0 aliphatic rings. The predicted molar refractivity (Wildman–Crippen MR) is 62.0 cm³/mol. The van der Waals surface area contributed by atoms with Gasteiger partial charge in [0.25, 0.3) is 0 Å². The first-order valence-corrected chi connectivity index (χ1v) is 4.93. The van der Waals surface area contributed by atoms with Gasteiger partial charge in [0.15, 0.2) is 0 Å². The van der Waals surface area contributed by atoms with Crippen molar-refractivity contribution in [2.75, 3.05) is 0 Å². The molecule has 86 valence electrons. The molecule has 17 heavy (non-hydrogen) atoms. The van der Waals surface area contributed by atoms with Gasteiger partial charge in [0, 0.05) is 11.1 Å². The van der Waals surface area contributed by atoms with Crippen molar-refractivity contribution >= 4 is 22.8 Å². The highest BCUT2D eigenvalue weighted by molar-refractivity contribution is 6.07. The summed E-state index contributed by atoms with van der Waals surface area (Å²) in [7, 11) is 0. The Kier molecular flexibility index (Phi) is 2.51. The van der Waals surface area contributed by atoms with E-state index in [0.29, 0.717) is 16.6 Å². The van der Waals surface area contributed by atoms with Crippen LogP contribution in [-0.2, 0) is 0 Å². The standard InChI is InChI=1S/C12H10N2O3/c1-6-4-9(11(13)15)8-5-7(12(16)17)2-3-10(8)14-6/h2-5H,1H3,(H2,13,15)(H,16,17). The topological polar surface area (TPSA) is 93.3 Å². The number of carbonyl (C=O) groups excluding carboxylic acids is 1. The molecule has 0 saturated carbocycles. The third-order valence-corrected chi connectivity index (χ3v) is 2.45. The van der Waals surface area contributed by atoms with Crippen molar-refractivity contribution in [1.29, 1.82) is 0 Å². The number of hydrogen-bond acceptors (Lipinski definition) is 3. The van der Waals surface area contributed by atoms with Crippen LogP contribution in [0.5, 0.6) is 0 Å². The molecule has 2 rings (SSSR count). The summed E-state index contributed by atoms with van der Waals surface area (Å²) in [6.45, 7) is 1.75. The van der Waals surface area contributed by atoms with Gasteiger partial charge in [-0.25, -0.2) is 4.79 Å². The van der Waals surface area contributed by atoms with Crippen LogP contribution in [0.1, 0.15) is 26.4 Å². The summed E-state index contributed by atoms with van der Waals surface area (Å²) >= 11 is 0. The second-order valence-electron chi connectivity index (χ2n) is 3.71. The summed E-state index contributed by atoms with van der Waals surface area (Å²) in [5, 5.41) is 9.35. The number of hydrogen-bond donors (Lipinski definition) is 2. The number of pyridine rings is 1. The molecule has 0 saturated heterocycles. The van der Waals surface area contributed by atoms with Crippen molar-refractivity contribution in [3.63, 3.8) is 0 Å². The van der Waals surface area contributed by atoms with Gasteiger partial charge in [-0.3, -0.25) is 9.78 Å². The number of carboxylic acids is 1. The Hall–Kier alpha value is -2.43. The lowest BCUT2D eigenvalue weighted by atomic mass is 10.0. The minimum absolute atomic E-state index is 0.102. The second kappa shape index (κ2) is 3.86. The van der Waals surface area contributed by atoms with Crippen LogP contribution in [0.2, 0.25) is 0 Å². The quantitative estimate of drug-likeness (QED) is 0.814. The van der Waals surface area contributed by atoms with E-state index in [9.17, 15) is 9.59 Å². The van der Waals surface area contributed by atoms with Gasteiger partial charge in [0.1, 0.15) is 0 Å². The fourth-order valence-electron chi connectivity index (χ4n) is 1.70. The molecule has 0 radical (unpaired) electrons. The molecular weight excluding hydrogens is 220 g/mol. The molecule has 1 heterocycles. The van der Waals surface area contributed by atoms with Crippen LogP contribution in [0, 0.1) is 6.92 Å². The third-order valence-electron chi connectivity index (χ3n) is 2.45. The first kappa shape index (κ1) is 11.1. The Balaban J connectivity index is 2.82. The van der Waals surface area contributed by atoms with Gasteiger partial charge in [-0.2, -0.15) is 0 Å². The van der Waals surface area contributed by atoms with Gasteiger partial charge in [0.2, 0.25) is 5.91 Å². The highest BCUT2D eigenvalue weighted by Crippen LogP contribution is 2.19. The molecule has 3 N–H and O–H groups in total. The normalized spacial score (nSPS) is 10.4. The van der Waals surface area contributed by atoms with E-state index in [1.165, 1.54) is 12.1 Å². The molecule has 0 aliphatic heterocycles. The Bertz CT molecular complexity index is 635. The maximum Gasteiger partial charge on any atom is 0.335 e. The Morgan fingerprint density at radius 1 is 1.29 bits per heavy atom. The van der Waals surface area contributed by atoms with E-state index in [1.54, 1.807) is 19.1 Å². The highest BCUT2D eigenvalue weighted by Gasteiger charge is 2.11. The number of rotatable bonds is 2. The molecule has 1 amide bonds. The van der Waals surface area contributed by atoms with Crippen molar-refractivity contribution in [3.8, 4) is 0 Å². The van der Waals surface area contributed by atoms with Crippen LogP contribution < -0.4 is 5.73 Å². The molecule has 0 fully saturated rings. The average molecular weight is 230 g/mol. The van der Waals surface area contributed by atoms with Crippen molar-refractivity contribution in [3.05, 3.63) is 41.1 Å². The summed E-state index contributed by atoms with van der Waals surface area (Å²) < 4.78 is 0. The van der Waals surface area contributed by atoms with Crippen molar-refractivity contribution < 1.29 is 14.7 Å². The lowest BCUT2D eigenvalue weighted by molar-refractivity contribution is 0.0696. The number of benzene rings is 1. The number of primary amides is 1. The predicted octanol–water partition coefficient (Wildman–Crippen LogP) is 1.34. The number of carbonyl (C=O) groups is 2. The Labute approximate surface area is 96.9 Å². The molecule has 5 nitrogen and oxygen atoms in total. The van der Waals surface area contributed by atoms with Gasteiger partial charge < -0.3 is 10.8 Å². The summed E-state index contributed by atoms with van der Waals surface area (Å²) in [6, 6.07) is 5.97. The zero-order chi connectivity index (χ0) is 12.6. The highest BCUT2D eigenvalue weighted by atomic mass is 16.4. The molecule has 0 aliphatic carbocycles. The molecule has 5 heteroatoms. The van der Waals surface area contributed by atoms with E-state index in [-0.39, 0.29) is 11.1 Å². The maximum absolute atomic E-state index is 11.3. The molecule has 0 spiro atoms. The van der Waals surface area contributed by atoms with E-state index in [2.05, 4.69) is 4.98 Å². The lowest BCUT2D eigenvalue weighted by Crippen LogP contribution is -2.12. The Morgan fingerprint density at radius 2 is 2.00 bits per heavy atom. The first-order valence-electron chi connectivity index (χ1n) is 4.93. The van der Waals surface area contributed by atoms with Crippen LogP contribution in [0.15, 0.2) is 24.3 Å². The number of aromatic carboxylic acids is 1. The van der Waals surface area contributed by atoms with Crippen molar-refractivity contribution in [1.82, 2.24) is 4.98 Å². The van der Waals surface area contributed by atoms with Gasteiger partial charge in [-0.15, -0.1) is 0 Å². The van der Waals surface area contributed by atoms with Gasteiger partial charge in [-0.1, -0.05) is 0 Å².